The van der Waals surface area contributed by atoms with E-state index in [1.807, 2.05) is 28.8 Å². The summed E-state index contributed by atoms with van der Waals surface area (Å²) in [4.78, 5) is 23.0. The van der Waals surface area contributed by atoms with Gasteiger partial charge in [0.1, 0.15) is 0 Å². The molecule has 6 heteroatoms. The number of nitrogens with zero attached hydrogens (tertiary/aromatic N) is 2. The van der Waals surface area contributed by atoms with Crippen molar-refractivity contribution in [3.63, 3.8) is 0 Å². The predicted octanol–water partition coefficient (Wildman–Crippen LogP) is 3.99. The van der Waals surface area contributed by atoms with E-state index in [0.29, 0.717) is 17.8 Å². The average Bonchev–Trinajstić information content (AvgIpc) is 2.94. The topological polar surface area (TPSA) is 77.2 Å². The minimum absolute atomic E-state index is 0.0677. The zero-order chi connectivity index (χ0) is 17.1. The maximum atomic E-state index is 12.6. The van der Waals surface area contributed by atoms with E-state index in [9.17, 15) is 14.9 Å². The lowest BCUT2D eigenvalue weighted by Gasteiger charge is -2.04. The van der Waals surface area contributed by atoms with E-state index in [1.54, 1.807) is 18.3 Å². The number of amides is 1. The lowest BCUT2D eigenvalue weighted by atomic mass is 10.1. The first-order valence-corrected chi connectivity index (χ1v) is 7.34. The fourth-order valence-corrected chi connectivity index (χ4v) is 2.61. The SMILES string of the molecule is C=CCn1cc(C(=O)Nc2cccc([N+](=O)[O-])c2)c2ccccc21. The Morgan fingerprint density at radius 1 is 1.25 bits per heavy atom. The highest BCUT2D eigenvalue weighted by Gasteiger charge is 2.15. The molecule has 1 heterocycles. The number of anilines is 1. The number of fused-ring (bicyclic) bond motifs is 1. The highest BCUT2D eigenvalue weighted by molar-refractivity contribution is 6.13. The van der Waals surface area contributed by atoms with Crippen molar-refractivity contribution in [1.29, 1.82) is 0 Å². The van der Waals surface area contributed by atoms with E-state index in [2.05, 4.69) is 11.9 Å². The van der Waals surface area contributed by atoms with Crippen LogP contribution in [-0.2, 0) is 6.54 Å². The van der Waals surface area contributed by atoms with Gasteiger partial charge in [0.15, 0.2) is 0 Å². The molecule has 0 aliphatic rings. The molecule has 1 aromatic heterocycles. The molecule has 0 saturated heterocycles. The Morgan fingerprint density at radius 2 is 2.04 bits per heavy atom. The third kappa shape index (κ3) is 2.89. The number of nitro benzene ring substituents is 1. The van der Waals surface area contributed by atoms with Gasteiger partial charge in [0.25, 0.3) is 11.6 Å². The zero-order valence-electron chi connectivity index (χ0n) is 12.8. The Morgan fingerprint density at radius 3 is 2.79 bits per heavy atom. The second-order valence-corrected chi connectivity index (χ2v) is 5.26. The Hall–Kier alpha value is -3.41. The van der Waals surface area contributed by atoms with E-state index in [1.165, 1.54) is 18.2 Å². The van der Waals surface area contributed by atoms with E-state index in [-0.39, 0.29) is 11.6 Å². The van der Waals surface area contributed by atoms with Gasteiger partial charge < -0.3 is 9.88 Å². The summed E-state index contributed by atoms with van der Waals surface area (Å²) >= 11 is 0. The Labute approximate surface area is 138 Å². The van der Waals surface area contributed by atoms with Crippen LogP contribution in [0.3, 0.4) is 0 Å². The number of rotatable bonds is 5. The molecule has 0 bridgehead atoms. The predicted molar refractivity (Wildman–Crippen MR) is 93.2 cm³/mol. The molecule has 0 saturated carbocycles. The van der Waals surface area contributed by atoms with Crippen LogP contribution >= 0.6 is 0 Å². The van der Waals surface area contributed by atoms with Crippen molar-refractivity contribution in [3.8, 4) is 0 Å². The van der Waals surface area contributed by atoms with Gasteiger partial charge in [0, 0.05) is 41.5 Å². The molecule has 0 radical (unpaired) electrons. The molecule has 2 aromatic carbocycles. The molecule has 0 unspecified atom stereocenters. The van der Waals surface area contributed by atoms with E-state index < -0.39 is 4.92 Å². The summed E-state index contributed by atoms with van der Waals surface area (Å²) in [5.41, 5.74) is 1.76. The second-order valence-electron chi connectivity index (χ2n) is 5.26. The van der Waals surface area contributed by atoms with Crippen molar-refractivity contribution in [2.75, 3.05) is 5.32 Å². The van der Waals surface area contributed by atoms with E-state index in [0.717, 1.165) is 10.9 Å². The Kier molecular flexibility index (Phi) is 4.11. The van der Waals surface area contributed by atoms with Gasteiger partial charge in [-0.2, -0.15) is 0 Å². The van der Waals surface area contributed by atoms with Gasteiger partial charge in [0.05, 0.1) is 10.5 Å². The summed E-state index contributed by atoms with van der Waals surface area (Å²) in [7, 11) is 0. The maximum Gasteiger partial charge on any atom is 0.271 e. The highest BCUT2D eigenvalue weighted by Crippen LogP contribution is 2.23. The molecular formula is C18H15N3O3. The van der Waals surface area contributed by atoms with Crippen molar-refractivity contribution in [1.82, 2.24) is 4.57 Å². The molecule has 6 nitrogen and oxygen atoms in total. The first-order valence-electron chi connectivity index (χ1n) is 7.34. The van der Waals surface area contributed by atoms with Crippen LogP contribution in [0.4, 0.5) is 11.4 Å². The molecule has 0 fully saturated rings. The third-order valence-corrected chi connectivity index (χ3v) is 3.67. The number of hydrogen-bond acceptors (Lipinski definition) is 3. The Bertz CT molecular complexity index is 944. The van der Waals surface area contributed by atoms with Crippen LogP contribution in [0.5, 0.6) is 0 Å². The summed E-state index contributed by atoms with van der Waals surface area (Å²) < 4.78 is 1.94. The van der Waals surface area contributed by atoms with Crippen LogP contribution in [0, 0.1) is 10.1 Å². The molecular weight excluding hydrogens is 306 g/mol. The largest absolute Gasteiger partial charge is 0.343 e. The lowest BCUT2D eigenvalue weighted by Crippen LogP contribution is -2.11. The number of aromatic nitrogens is 1. The molecule has 3 rings (SSSR count). The fraction of sp³-hybridized carbons (Fsp3) is 0.0556. The number of allylic oxidation sites excluding steroid dienone is 1. The van der Waals surface area contributed by atoms with Gasteiger partial charge in [-0.3, -0.25) is 14.9 Å². The standard InChI is InChI=1S/C18H15N3O3/c1-2-10-20-12-16(15-8-3-4-9-17(15)20)18(22)19-13-6-5-7-14(11-13)21(23)24/h2-9,11-12H,1,10H2,(H,19,22). The van der Waals surface area contributed by atoms with Crippen molar-refractivity contribution in [3.05, 3.63) is 83.1 Å². The monoisotopic (exact) mass is 321 g/mol. The number of nitro groups is 1. The van der Waals surface area contributed by atoms with Crippen LogP contribution < -0.4 is 5.32 Å². The summed E-state index contributed by atoms with van der Waals surface area (Å²) in [6.07, 6.45) is 3.52. The number of carbonyl (C=O) groups is 1. The number of benzene rings is 2. The summed E-state index contributed by atoms with van der Waals surface area (Å²) in [6, 6.07) is 13.4. The molecule has 0 aliphatic carbocycles. The minimum Gasteiger partial charge on any atom is -0.343 e. The van der Waals surface area contributed by atoms with Crippen molar-refractivity contribution >= 4 is 28.2 Å². The van der Waals surface area contributed by atoms with Crippen molar-refractivity contribution in [2.24, 2.45) is 0 Å². The van der Waals surface area contributed by atoms with Gasteiger partial charge in [-0.05, 0) is 12.1 Å². The van der Waals surface area contributed by atoms with Gasteiger partial charge in [-0.15, -0.1) is 6.58 Å². The first-order chi connectivity index (χ1) is 11.6. The first kappa shape index (κ1) is 15.5. The molecule has 120 valence electrons. The highest BCUT2D eigenvalue weighted by atomic mass is 16.6. The van der Waals surface area contributed by atoms with Crippen molar-refractivity contribution < 1.29 is 9.72 Å². The third-order valence-electron chi connectivity index (χ3n) is 3.67. The quantitative estimate of drug-likeness (QED) is 0.438. The summed E-state index contributed by atoms with van der Waals surface area (Å²) in [5, 5.41) is 14.4. The van der Waals surface area contributed by atoms with Crippen molar-refractivity contribution in [2.45, 2.75) is 6.54 Å². The van der Waals surface area contributed by atoms with Gasteiger partial charge >= 0.3 is 0 Å². The van der Waals surface area contributed by atoms with Crippen LogP contribution in [0.2, 0.25) is 0 Å². The van der Waals surface area contributed by atoms with Crippen LogP contribution in [-0.4, -0.2) is 15.4 Å². The number of hydrogen-bond donors (Lipinski definition) is 1. The number of para-hydroxylation sites is 1. The molecule has 0 spiro atoms. The average molecular weight is 321 g/mol. The van der Waals surface area contributed by atoms with Gasteiger partial charge in [-0.25, -0.2) is 0 Å². The molecule has 1 amide bonds. The lowest BCUT2D eigenvalue weighted by molar-refractivity contribution is -0.384. The van der Waals surface area contributed by atoms with Crippen LogP contribution in [0.1, 0.15) is 10.4 Å². The molecule has 0 atom stereocenters. The van der Waals surface area contributed by atoms with Gasteiger partial charge in [-0.1, -0.05) is 30.3 Å². The number of nitrogens with one attached hydrogen (secondary N) is 1. The second kappa shape index (κ2) is 6.37. The fourth-order valence-electron chi connectivity index (χ4n) is 2.61. The Balaban J connectivity index is 1.96. The van der Waals surface area contributed by atoms with Crippen LogP contribution in [0.25, 0.3) is 10.9 Å². The van der Waals surface area contributed by atoms with Crippen LogP contribution in [0.15, 0.2) is 67.4 Å². The zero-order valence-corrected chi connectivity index (χ0v) is 12.8. The van der Waals surface area contributed by atoms with Gasteiger partial charge in [0.2, 0.25) is 0 Å². The summed E-state index contributed by atoms with van der Waals surface area (Å²) in [5.74, 6) is -0.311. The molecule has 1 N–H and O–H groups in total. The minimum atomic E-state index is -0.494. The van der Waals surface area contributed by atoms with E-state index >= 15 is 0 Å². The normalized spacial score (nSPS) is 10.5. The maximum absolute atomic E-state index is 12.6. The number of carbonyl (C=O) groups excluding carboxylic acids is 1. The molecule has 0 aliphatic heterocycles. The molecule has 3 aromatic rings. The number of non-ortho nitro benzene ring substituents is 1. The smallest absolute Gasteiger partial charge is 0.271 e. The van der Waals surface area contributed by atoms with E-state index in [4.69, 9.17) is 0 Å². The summed E-state index contributed by atoms with van der Waals surface area (Å²) in [6.45, 7) is 4.31. The molecule has 24 heavy (non-hydrogen) atoms.